The van der Waals surface area contributed by atoms with Crippen LogP contribution in [0.1, 0.15) is 17.2 Å². The van der Waals surface area contributed by atoms with Gasteiger partial charge in [0.25, 0.3) is 0 Å². The molecular formula is C17H18N2O2. The van der Waals surface area contributed by atoms with Crippen LogP contribution in [0.5, 0.6) is 0 Å². The van der Waals surface area contributed by atoms with Gasteiger partial charge in [-0.25, -0.2) is 0 Å². The molecule has 0 saturated carbocycles. The minimum atomic E-state index is -0.0199. The zero-order chi connectivity index (χ0) is 14.8. The zero-order valence-corrected chi connectivity index (χ0v) is 12.2. The summed E-state index contributed by atoms with van der Waals surface area (Å²) >= 11 is 0. The molecule has 2 aromatic heterocycles. The van der Waals surface area contributed by atoms with E-state index in [-0.39, 0.29) is 5.91 Å². The van der Waals surface area contributed by atoms with Crippen molar-refractivity contribution in [1.29, 1.82) is 0 Å². The highest BCUT2D eigenvalue weighted by atomic mass is 16.3. The molecule has 0 saturated heterocycles. The topological polar surface area (TPSA) is 47.2 Å². The summed E-state index contributed by atoms with van der Waals surface area (Å²) in [5, 5.41) is 4.05. The molecule has 2 heterocycles. The van der Waals surface area contributed by atoms with Crippen molar-refractivity contribution in [3.8, 4) is 0 Å². The number of hydrogen-bond acceptors (Lipinski definition) is 2. The first-order chi connectivity index (χ1) is 10.1. The lowest BCUT2D eigenvalue weighted by Gasteiger charge is -2.08. The summed E-state index contributed by atoms with van der Waals surface area (Å²) < 4.78 is 7.47. The second-order valence-electron chi connectivity index (χ2n) is 5.22. The number of amides is 1. The molecule has 0 aliphatic heterocycles. The molecule has 1 N–H and O–H groups in total. The van der Waals surface area contributed by atoms with Gasteiger partial charge in [-0.3, -0.25) is 4.79 Å². The Morgan fingerprint density at radius 2 is 2.00 bits per heavy atom. The van der Waals surface area contributed by atoms with Gasteiger partial charge in [-0.05, 0) is 43.5 Å². The number of benzene rings is 1. The molecule has 0 radical (unpaired) electrons. The highest BCUT2D eigenvalue weighted by Gasteiger charge is 2.09. The summed E-state index contributed by atoms with van der Waals surface area (Å²) in [7, 11) is 0. The number of para-hydroxylation sites is 1. The lowest BCUT2D eigenvalue weighted by molar-refractivity contribution is -0.121. The second kappa shape index (κ2) is 5.48. The van der Waals surface area contributed by atoms with Crippen LogP contribution in [-0.2, 0) is 17.9 Å². The van der Waals surface area contributed by atoms with E-state index in [1.165, 1.54) is 0 Å². The van der Waals surface area contributed by atoms with Crippen LogP contribution in [0.25, 0.3) is 10.9 Å². The predicted octanol–water partition coefficient (Wildman–Crippen LogP) is 3.17. The Morgan fingerprint density at radius 3 is 2.76 bits per heavy atom. The molecule has 1 aromatic carbocycles. The maximum atomic E-state index is 12.1. The number of carbonyl (C=O) groups excluding carboxylic acids is 1. The number of aromatic nitrogens is 1. The molecule has 0 spiro atoms. The van der Waals surface area contributed by atoms with Crippen molar-refractivity contribution in [2.24, 2.45) is 0 Å². The monoisotopic (exact) mass is 282 g/mol. The molecule has 4 nitrogen and oxygen atoms in total. The Labute approximate surface area is 123 Å². The van der Waals surface area contributed by atoms with Gasteiger partial charge in [-0.1, -0.05) is 18.2 Å². The van der Waals surface area contributed by atoms with Crippen molar-refractivity contribution in [2.45, 2.75) is 26.9 Å². The molecule has 21 heavy (non-hydrogen) atoms. The number of hydrogen-bond donors (Lipinski definition) is 1. The second-order valence-corrected chi connectivity index (χ2v) is 5.22. The van der Waals surface area contributed by atoms with E-state index in [1.54, 1.807) is 0 Å². The first-order valence-electron chi connectivity index (χ1n) is 7.00. The van der Waals surface area contributed by atoms with Crippen LogP contribution in [0, 0.1) is 13.8 Å². The lowest BCUT2D eigenvalue weighted by Crippen LogP contribution is -2.27. The standard InChI is InChI=1S/C17H18N2O2/c1-12-9-14-5-3-4-6-16(14)19(12)11-17(20)18-10-15-8-7-13(2)21-15/h3-9H,10-11H2,1-2H3,(H,18,20). The third-order valence-electron chi connectivity index (χ3n) is 3.58. The number of carbonyl (C=O) groups is 1. The third kappa shape index (κ3) is 2.84. The number of fused-ring (bicyclic) bond motifs is 1. The SMILES string of the molecule is Cc1ccc(CNC(=O)Cn2c(C)cc3ccccc32)o1. The summed E-state index contributed by atoms with van der Waals surface area (Å²) in [6, 6.07) is 14.0. The third-order valence-corrected chi connectivity index (χ3v) is 3.58. The molecule has 4 heteroatoms. The Balaban J connectivity index is 1.70. The van der Waals surface area contributed by atoms with Gasteiger partial charge in [0, 0.05) is 11.2 Å². The van der Waals surface area contributed by atoms with Crippen LogP contribution in [0.15, 0.2) is 46.9 Å². The fourth-order valence-corrected chi connectivity index (χ4v) is 2.52. The molecule has 0 aliphatic carbocycles. The highest BCUT2D eigenvalue weighted by molar-refractivity contribution is 5.84. The molecule has 3 rings (SSSR count). The molecule has 0 atom stereocenters. The Morgan fingerprint density at radius 1 is 1.19 bits per heavy atom. The number of furan rings is 1. The van der Waals surface area contributed by atoms with Gasteiger partial charge in [-0.15, -0.1) is 0 Å². The van der Waals surface area contributed by atoms with Crippen LogP contribution in [-0.4, -0.2) is 10.5 Å². The van der Waals surface area contributed by atoms with Gasteiger partial charge in [0.15, 0.2) is 0 Å². The van der Waals surface area contributed by atoms with Crippen molar-refractivity contribution in [2.75, 3.05) is 0 Å². The number of aryl methyl sites for hydroxylation is 2. The molecule has 0 aliphatic rings. The van der Waals surface area contributed by atoms with E-state index in [1.807, 2.05) is 48.7 Å². The van der Waals surface area contributed by atoms with Crippen molar-refractivity contribution >= 4 is 16.8 Å². The molecule has 3 aromatic rings. The van der Waals surface area contributed by atoms with E-state index in [0.29, 0.717) is 13.1 Å². The summed E-state index contributed by atoms with van der Waals surface area (Å²) in [5.74, 6) is 1.61. The highest BCUT2D eigenvalue weighted by Crippen LogP contribution is 2.18. The van der Waals surface area contributed by atoms with E-state index in [0.717, 1.165) is 28.1 Å². The van der Waals surface area contributed by atoms with E-state index in [4.69, 9.17) is 4.42 Å². The fourth-order valence-electron chi connectivity index (χ4n) is 2.52. The van der Waals surface area contributed by atoms with Crippen molar-refractivity contribution in [3.63, 3.8) is 0 Å². The van der Waals surface area contributed by atoms with Crippen LogP contribution in [0.2, 0.25) is 0 Å². The van der Waals surface area contributed by atoms with Crippen molar-refractivity contribution in [1.82, 2.24) is 9.88 Å². The quantitative estimate of drug-likeness (QED) is 0.799. The molecule has 108 valence electrons. The predicted molar refractivity (Wildman–Crippen MR) is 82.0 cm³/mol. The largest absolute Gasteiger partial charge is 0.465 e. The van der Waals surface area contributed by atoms with Gasteiger partial charge in [-0.2, -0.15) is 0 Å². The van der Waals surface area contributed by atoms with Gasteiger partial charge >= 0.3 is 0 Å². The van der Waals surface area contributed by atoms with Crippen LogP contribution >= 0.6 is 0 Å². The first kappa shape index (κ1) is 13.5. The molecule has 1 amide bonds. The van der Waals surface area contributed by atoms with Crippen LogP contribution in [0.3, 0.4) is 0 Å². The van der Waals surface area contributed by atoms with Crippen LogP contribution < -0.4 is 5.32 Å². The average Bonchev–Trinajstić information content (AvgIpc) is 3.01. The summed E-state index contributed by atoms with van der Waals surface area (Å²) in [5.41, 5.74) is 2.17. The average molecular weight is 282 g/mol. The lowest BCUT2D eigenvalue weighted by atomic mass is 10.2. The van der Waals surface area contributed by atoms with E-state index < -0.39 is 0 Å². The molecule has 0 fully saturated rings. The van der Waals surface area contributed by atoms with Crippen molar-refractivity contribution in [3.05, 3.63) is 59.7 Å². The van der Waals surface area contributed by atoms with Gasteiger partial charge in [0.2, 0.25) is 5.91 Å². The minimum Gasteiger partial charge on any atom is -0.465 e. The Hall–Kier alpha value is -2.49. The smallest absolute Gasteiger partial charge is 0.240 e. The molecular weight excluding hydrogens is 264 g/mol. The van der Waals surface area contributed by atoms with E-state index >= 15 is 0 Å². The maximum Gasteiger partial charge on any atom is 0.240 e. The maximum absolute atomic E-state index is 12.1. The minimum absolute atomic E-state index is 0.0199. The summed E-state index contributed by atoms with van der Waals surface area (Å²) in [6.45, 7) is 4.65. The number of nitrogens with zero attached hydrogens (tertiary/aromatic N) is 1. The van der Waals surface area contributed by atoms with E-state index in [2.05, 4.69) is 17.4 Å². The summed E-state index contributed by atoms with van der Waals surface area (Å²) in [6.07, 6.45) is 0. The van der Waals surface area contributed by atoms with Crippen LogP contribution in [0.4, 0.5) is 0 Å². The van der Waals surface area contributed by atoms with Gasteiger partial charge < -0.3 is 14.3 Å². The van der Waals surface area contributed by atoms with Gasteiger partial charge in [0.1, 0.15) is 18.1 Å². The van der Waals surface area contributed by atoms with Gasteiger partial charge in [0.05, 0.1) is 6.54 Å². The zero-order valence-electron chi connectivity index (χ0n) is 12.2. The Kier molecular flexibility index (Phi) is 3.52. The molecule has 0 bridgehead atoms. The summed E-state index contributed by atoms with van der Waals surface area (Å²) in [4.78, 5) is 12.1. The van der Waals surface area contributed by atoms with E-state index in [9.17, 15) is 4.79 Å². The Bertz CT molecular complexity index is 783. The first-order valence-corrected chi connectivity index (χ1v) is 7.00. The normalized spacial score (nSPS) is 11.0. The number of nitrogens with one attached hydrogen (secondary N) is 1. The molecule has 0 unspecified atom stereocenters. The fraction of sp³-hybridized carbons (Fsp3) is 0.235. The van der Waals surface area contributed by atoms with Crippen molar-refractivity contribution < 1.29 is 9.21 Å². The number of rotatable bonds is 4.